The number of hydrogen-bond donors (Lipinski definition) is 0. The summed E-state index contributed by atoms with van der Waals surface area (Å²) in [6, 6.07) is 41.2. The highest BCUT2D eigenvalue weighted by Crippen LogP contribution is 2.33. The lowest BCUT2D eigenvalue weighted by Crippen LogP contribution is -2.45. The van der Waals surface area contributed by atoms with Crippen LogP contribution < -0.4 is 0 Å². The molecule has 0 amide bonds. The highest BCUT2D eigenvalue weighted by Gasteiger charge is 2.30. The Morgan fingerprint density at radius 2 is 1.36 bits per heavy atom. The summed E-state index contributed by atoms with van der Waals surface area (Å²) >= 11 is 0. The second-order valence-corrected chi connectivity index (χ2v) is 8.87. The molecule has 4 aromatic carbocycles. The van der Waals surface area contributed by atoms with E-state index in [2.05, 4.69) is 120 Å². The lowest BCUT2D eigenvalue weighted by molar-refractivity contribution is -0.0444. The third kappa shape index (κ3) is 5.42. The number of morpholine rings is 1. The van der Waals surface area contributed by atoms with Gasteiger partial charge in [0.05, 0.1) is 12.7 Å². The Hall–Kier alpha value is -3.20. The van der Waals surface area contributed by atoms with Gasteiger partial charge in [-0.25, -0.2) is 0 Å². The van der Waals surface area contributed by atoms with Gasteiger partial charge in [0.1, 0.15) is 0 Å². The van der Waals surface area contributed by atoms with Gasteiger partial charge in [-0.3, -0.25) is 4.90 Å². The van der Waals surface area contributed by atoms with Crippen LogP contribution in [0, 0.1) is 0 Å². The lowest BCUT2D eigenvalue weighted by Gasteiger charge is -2.37. The van der Waals surface area contributed by atoms with Crippen molar-refractivity contribution in [1.82, 2.24) is 4.90 Å². The van der Waals surface area contributed by atoms with Crippen molar-refractivity contribution in [3.05, 3.63) is 132 Å². The molecule has 5 rings (SSSR count). The van der Waals surface area contributed by atoms with E-state index in [-0.39, 0.29) is 6.10 Å². The van der Waals surface area contributed by atoms with Gasteiger partial charge in [0.25, 0.3) is 0 Å². The van der Waals surface area contributed by atoms with Crippen LogP contribution in [0.3, 0.4) is 0 Å². The van der Waals surface area contributed by atoms with Crippen molar-refractivity contribution < 1.29 is 4.74 Å². The normalized spacial score (nSPS) is 17.5. The number of nitrogens with zero attached hydrogens (tertiary/aromatic N) is 1. The van der Waals surface area contributed by atoms with Crippen LogP contribution in [0.5, 0.6) is 0 Å². The minimum absolute atomic E-state index is 0.161. The molecule has 33 heavy (non-hydrogen) atoms. The van der Waals surface area contributed by atoms with E-state index < -0.39 is 0 Å². The minimum atomic E-state index is 0.161. The van der Waals surface area contributed by atoms with Gasteiger partial charge in [0.2, 0.25) is 0 Å². The summed E-state index contributed by atoms with van der Waals surface area (Å²) in [6.07, 6.45) is 1.12. The molecule has 0 aliphatic carbocycles. The Labute approximate surface area is 197 Å². The first-order valence-electron chi connectivity index (χ1n) is 11.9. The van der Waals surface area contributed by atoms with Gasteiger partial charge in [-0.2, -0.15) is 0 Å². The van der Waals surface area contributed by atoms with E-state index in [0.717, 1.165) is 32.7 Å². The van der Waals surface area contributed by atoms with Gasteiger partial charge in [0.15, 0.2) is 0 Å². The molecular weight excluding hydrogens is 402 g/mol. The first-order valence-corrected chi connectivity index (χ1v) is 11.9. The van der Waals surface area contributed by atoms with E-state index in [9.17, 15) is 0 Å². The van der Waals surface area contributed by atoms with Crippen LogP contribution in [0.1, 0.15) is 22.6 Å². The molecule has 0 aromatic heterocycles. The quantitative estimate of drug-likeness (QED) is 0.326. The zero-order valence-electron chi connectivity index (χ0n) is 19.0. The summed E-state index contributed by atoms with van der Waals surface area (Å²) in [5.41, 5.74) is 6.68. The van der Waals surface area contributed by atoms with Gasteiger partial charge in [-0.1, -0.05) is 115 Å². The molecule has 1 aliphatic rings. The van der Waals surface area contributed by atoms with Crippen LogP contribution in [0.25, 0.3) is 11.1 Å². The Balaban J connectivity index is 1.42. The van der Waals surface area contributed by atoms with Crippen LogP contribution in [0.2, 0.25) is 0 Å². The molecule has 2 atom stereocenters. The summed E-state index contributed by atoms with van der Waals surface area (Å²) < 4.78 is 6.44. The summed E-state index contributed by atoms with van der Waals surface area (Å²) in [5.74, 6) is 0.301. The van der Waals surface area contributed by atoms with E-state index in [4.69, 9.17) is 4.74 Å². The minimum Gasteiger partial charge on any atom is -0.375 e. The van der Waals surface area contributed by atoms with E-state index in [1.807, 2.05) is 0 Å². The largest absolute Gasteiger partial charge is 0.375 e. The zero-order chi connectivity index (χ0) is 22.3. The second kappa shape index (κ2) is 10.6. The topological polar surface area (TPSA) is 12.5 Å². The Morgan fingerprint density at radius 3 is 2.12 bits per heavy atom. The van der Waals surface area contributed by atoms with Crippen molar-refractivity contribution in [1.29, 1.82) is 0 Å². The van der Waals surface area contributed by atoms with Crippen LogP contribution in [-0.2, 0) is 17.7 Å². The molecule has 0 saturated carbocycles. The van der Waals surface area contributed by atoms with E-state index in [1.165, 1.54) is 27.8 Å². The molecule has 0 spiro atoms. The third-order valence-electron chi connectivity index (χ3n) is 6.65. The van der Waals surface area contributed by atoms with Crippen LogP contribution >= 0.6 is 0 Å². The highest BCUT2D eigenvalue weighted by molar-refractivity contribution is 5.67. The van der Waals surface area contributed by atoms with Crippen LogP contribution in [0.4, 0.5) is 0 Å². The molecule has 0 N–H and O–H groups in total. The van der Waals surface area contributed by atoms with Crippen molar-refractivity contribution in [2.24, 2.45) is 0 Å². The highest BCUT2D eigenvalue weighted by atomic mass is 16.5. The summed E-state index contributed by atoms with van der Waals surface area (Å²) in [7, 11) is 0. The number of rotatable bonds is 7. The molecule has 1 saturated heterocycles. The number of hydrogen-bond acceptors (Lipinski definition) is 2. The molecule has 2 nitrogen and oxygen atoms in total. The molecule has 166 valence electrons. The molecule has 1 aliphatic heterocycles. The molecule has 0 bridgehead atoms. The van der Waals surface area contributed by atoms with Crippen molar-refractivity contribution in [3.8, 4) is 11.1 Å². The predicted octanol–water partition coefficient (Wildman–Crippen LogP) is 6.58. The number of ether oxygens (including phenoxy) is 1. The summed E-state index contributed by atoms with van der Waals surface area (Å²) in [6.45, 7) is 3.68. The monoisotopic (exact) mass is 433 g/mol. The van der Waals surface area contributed by atoms with Gasteiger partial charge >= 0.3 is 0 Å². The second-order valence-electron chi connectivity index (χ2n) is 8.87. The van der Waals surface area contributed by atoms with Crippen LogP contribution in [0.15, 0.2) is 115 Å². The number of benzene rings is 4. The molecule has 0 radical (unpaired) electrons. The van der Waals surface area contributed by atoms with Crippen molar-refractivity contribution in [3.63, 3.8) is 0 Å². The molecule has 4 aromatic rings. The fourth-order valence-electron chi connectivity index (χ4n) is 4.96. The maximum Gasteiger partial charge on any atom is 0.0774 e. The average molecular weight is 434 g/mol. The maximum absolute atomic E-state index is 6.44. The van der Waals surface area contributed by atoms with Gasteiger partial charge < -0.3 is 4.74 Å². The zero-order valence-corrected chi connectivity index (χ0v) is 19.0. The Morgan fingerprint density at radius 1 is 0.727 bits per heavy atom. The first-order chi connectivity index (χ1) is 16.4. The van der Waals surface area contributed by atoms with Gasteiger partial charge in [0, 0.05) is 25.6 Å². The summed E-state index contributed by atoms with van der Waals surface area (Å²) in [4.78, 5) is 2.54. The molecule has 2 heteroatoms. The predicted molar refractivity (Wildman–Crippen MR) is 136 cm³/mol. The first kappa shape index (κ1) is 21.6. The smallest absolute Gasteiger partial charge is 0.0774 e. The van der Waals surface area contributed by atoms with Crippen LogP contribution in [-0.4, -0.2) is 30.7 Å². The Bertz CT molecular complexity index is 1130. The molecular formula is C31H31NO. The van der Waals surface area contributed by atoms with Gasteiger partial charge in [-0.05, 0) is 34.2 Å². The third-order valence-corrected chi connectivity index (χ3v) is 6.65. The van der Waals surface area contributed by atoms with Crippen molar-refractivity contribution in [2.75, 3.05) is 19.7 Å². The van der Waals surface area contributed by atoms with E-state index in [1.54, 1.807) is 0 Å². The standard InChI is InChI=1S/C31H31NO/c1-4-12-25(13-5-1)23-32-20-21-33-31(24-32)30(27-16-8-3-9-17-27)22-28-18-10-11-19-29(28)26-14-6-2-7-15-26/h1-19,30-31H,20-24H2/t30?,31-/m0/s1. The molecule has 1 unspecified atom stereocenters. The fraction of sp³-hybridized carbons (Fsp3) is 0.226. The van der Waals surface area contributed by atoms with E-state index in [0.29, 0.717) is 5.92 Å². The molecule has 1 heterocycles. The fourth-order valence-corrected chi connectivity index (χ4v) is 4.96. The Kier molecular flexibility index (Phi) is 6.96. The van der Waals surface area contributed by atoms with Gasteiger partial charge in [-0.15, -0.1) is 0 Å². The maximum atomic E-state index is 6.44. The summed E-state index contributed by atoms with van der Waals surface area (Å²) in [5, 5.41) is 0. The average Bonchev–Trinajstić information content (AvgIpc) is 2.89. The van der Waals surface area contributed by atoms with Crippen molar-refractivity contribution >= 4 is 0 Å². The molecule has 1 fully saturated rings. The lowest BCUT2D eigenvalue weighted by atomic mass is 9.84. The van der Waals surface area contributed by atoms with E-state index >= 15 is 0 Å². The van der Waals surface area contributed by atoms with Crippen molar-refractivity contribution in [2.45, 2.75) is 25.0 Å². The SMILES string of the molecule is c1ccc(CN2CCO[C@H](C(Cc3ccccc3-c3ccccc3)c3ccccc3)C2)cc1.